The van der Waals surface area contributed by atoms with Crippen LogP contribution in [0.15, 0.2) is 60.8 Å². The molecule has 4 heteroatoms. The summed E-state index contributed by atoms with van der Waals surface area (Å²) >= 11 is 0. The second-order valence-electron chi connectivity index (χ2n) is 8.11. The van der Waals surface area contributed by atoms with Crippen LogP contribution >= 0.6 is 0 Å². The smallest absolute Gasteiger partial charge is 0.138 e. The lowest BCUT2D eigenvalue weighted by atomic mass is 9.99. The zero-order chi connectivity index (χ0) is 20.7. The van der Waals surface area contributed by atoms with E-state index in [1.807, 2.05) is 18.3 Å². The zero-order valence-electron chi connectivity index (χ0n) is 17.9. The van der Waals surface area contributed by atoms with Gasteiger partial charge in [-0.2, -0.15) is 0 Å². The first-order valence-electron chi connectivity index (χ1n) is 10.5. The molecule has 0 fully saturated rings. The Labute approximate surface area is 177 Å². The van der Waals surface area contributed by atoms with E-state index >= 15 is 0 Å². The fourth-order valence-electron chi connectivity index (χ4n) is 4.62. The third-order valence-electron chi connectivity index (χ3n) is 6.45. The summed E-state index contributed by atoms with van der Waals surface area (Å²) < 4.78 is 7.72. The first-order chi connectivity index (χ1) is 14.7. The van der Waals surface area contributed by atoms with Crippen molar-refractivity contribution in [2.75, 3.05) is 18.6 Å². The molecule has 30 heavy (non-hydrogen) atoms. The highest BCUT2D eigenvalue weighted by Gasteiger charge is 2.22. The van der Waals surface area contributed by atoms with Crippen molar-refractivity contribution in [1.82, 2.24) is 9.55 Å². The fraction of sp³-hybridized carbons (Fsp3) is 0.269. The van der Waals surface area contributed by atoms with Crippen molar-refractivity contribution in [2.24, 2.45) is 0 Å². The molecule has 0 bridgehead atoms. The summed E-state index contributed by atoms with van der Waals surface area (Å²) in [4.78, 5) is 7.28. The molecule has 0 aliphatic carbocycles. The quantitative estimate of drug-likeness (QED) is 0.470. The molecule has 152 valence electrons. The first kappa shape index (κ1) is 18.7. The molecule has 0 unspecified atom stereocenters. The molecule has 1 aliphatic heterocycles. The zero-order valence-corrected chi connectivity index (χ0v) is 17.9. The highest BCUT2D eigenvalue weighted by molar-refractivity contribution is 5.95. The Kier molecular flexibility index (Phi) is 4.70. The Morgan fingerprint density at radius 1 is 0.967 bits per heavy atom. The molecular formula is C26H27N3O. The molecule has 4 nitrogen and oxygen atoms in total. The average molecular weight is 398 g/mol. The van der Waals surface area contributed by atoms with E-state index in [1.54, 1.807) is 7.11 Å². The van der Waals surface area contributed by atoms with Crippen molar-refractivity contribution in [3.63, 3.8) is 0 Å². The van der Waals surface area contributed by atoms with Gasteiger partial charge >= 0.3 is 0 Å². The van der Waals surface area contributed by atoms with Crippen molar-refractivity contribution in [1.29, 1.82) is 0 Å². The lowest BCUT2D eigenvalue weighted by Gasteiger charge is -2.30. The largest absolute Gasteiger partial charge is 0.497 e. The summed E-state index contributed by atoms with van der Waals surface area (Å²) in [6.07, 6.45) is 3.03. The van der Waals surface area contributed by atoms with Crippen LogP contribution in [-0.2, 0) is 19.5 Å². The minimum atomic E-state index is 0.840. The van der Waals surface area contributed by atoms with Gasteiger partial charge in [-0.25, -0.2) is 4.98 Å². The Morgan fingerprint density at radius 2 is 1.73 bits per heavy atom. The number of rotatable bonds is 4. The molecule has 0 radical (unpaired) electrons. The second kappa shape index (κ2) is 7.52. The summed E-state index contributed by atoms with van der Waals surface area (Å²) in [5, 5.41) is 1.28. The standard InChI is InChI=1S/C26H27N3O/c1-18-19(2)29(16-20-8-10-23(30-3)11-9-20)24-12-14-27-26(25(18)24)28-15-13-21-6-4-5-7-22(21)17-28/h4-12,14H,13,15-17H2,1-3H3. The molecule has 2 aromatic carbocycles. The number of pyridine rings is 1. The lowest BCUT2D eigenvalue weighted by Crippen LogP contribution is -2.31. The van der Waals surface area contributed by atoms with Crippen LogP contribution in [0.4, 0.5) is 5.82 Å². The maximum absolute atomic E-state index is 5.30. The van der Waals surface area contributed by atoms with E-state index in [1.165, 1.54) is 38.9 Å². The van der Waals surface area contributed by atoms with Gasteiger partial charge in [0.2, 0.25) is 0 Å². The van der Waals surface area contributed by atoms with Gasteiger partial charge in [0.15, 0.2) is 0 Å². The predicted molar refractivity (Wildman–Crippen MR) is 122 cm³/mol. The lowest BCUT2D eigenvalue weighted by molar-refractivity contribution is 0.414. The van der Waals surface area contributed by atoms with Crippen molar-refractivity contribution in [2.45, 2.75) is 33.4 Å². The molecule has 5 rings (SSSR count). The second-order valence-corrected chi connectivity index (χ2v) is 8.11. The monoisotopic (exact) mass is 397 g/mol. The highest BCUT2D eigenvalue weighted by atomic mass is 16.5. The van der Waals surface area contributed by atoms with Gasteiger partial charge in [-0.15, -0.1) is 0 Å². The topological polar surface area (TPSA) is 30.3 Å². The Bertz CT molecular complexity index is 1210. The SMILES string of the molecule is COc1ccc(Cn2c(C)c(C)c3c(N4CCc5ccccc5C4)nccc32)cc1. The Morgan fingerprint density at radius 3 is 2.50 bits per heavy atom. The maximum atomic E-state index is 5.30. The van der Waals surface area contributed by atoms with Gasteiger partial charge in [0.25, 0.3) is 0 Å². The predicted octanol–water partition coefficient (Wildman–Crippen LogP) is 5.27. The van der Waals surface area contributed by atoms with Crippen molar-refractivity contribution in [3.8, 4) is 5.75 Å². The van der Waals surface area contributed by atoms with Crippen LogP contribution in [0.2, 0.25) is 0 Å². The number of hydrogen-bond donors (Lipinski definition) is 0. The maximum Gasteiger partial charge on any atom is 0.138 e. The van der Waals surface area contributed by atoms with Crippen molar-refractivity contribution < 1.29 is 4.74 Å². The molecule has 0 N–H and O–H groups in total. The van der Waals surface area contributed by atoms with Gasteiger partial charge in [0.05, 0.1) is 12.6 Å². The molecular weight excluding hydrogens is 370 g/mol. The number of aromatic nitrogens is 2. The minimum Gasteiger partial charge on any atom is -0.497 e. The summed E-state index contributed by atoms with van der Waals surface area (Å²) in [5.74, 6) is 2.00. The molecule has 3 heterocycles. The van der Waals surface area contributed by atoms with Crippen molar-refractivity contribution >= 4 is 16.7 Å². The number of anilines is 1. The third kappa shape index (κ3) is 3.13. The van der Waals surface area contributed by atoms with Gasteiger partial charge in [-0.3, -0.25) is 0 Å². The molecule has 1 aliphatic rings. The fourth-order valence-corrected chi connectivity index (χ4v) is 4.62. The van der Waals surface area contributed by atoms with Gasteiger partial charge in [0.1, 0.15) is 11.6 Å². The third-order valence-corrected chi connectivity index (χ3v) is 6.45. The number of aryl methyl sites for hydroxylation is 1. The molecule has 0 amide bonds. The van der Waals surface area contributed by atoms with E-state index in [0.29, 0.717) is 0 Å². The summed E-state index contributed by atoms with van der Waals surface area (Å²) in [6.45, 7) is 7.21. The van der Waals surface area contributed by atoms with Crippen LogP contribution in [0.5, 0.6) is 5.75 Å². The molecule has 0 saturated carbocycles. The number of nitrogens with zero attached hydrogens (tertiary/aromatic N) is 3. The van der Waals surface area contributed by atoms with Crippen LogP contribution in [-0.4, -0.2) is 23.2 Å². The molecule has 0 atom stereocenters. The van der Waals surface area contributed by atoms with Crippen LogP contribution < -0.4 is 9.64 Å². The molecule has 0 saturated heterocycles. The van der Waals surface area contributed by atoms with Crippen LogP contribution in [0, 0.1) is 13.8 Å². The summed E-state index contributed by atoms with van der Waals surface area (Å²) in [5.41, 5.74) is 8.01. The summed E-state index contributed by atoms with van der Waals surface area (Å²) in [6, 6.07) is 19.3. The summed E-state index contributed by atoms with van der Waals surface area (Å²) in [7, 11) is 1.70. The van der Waals surface area contributed by atoms with Crippen LogP contribution in [0.3, 0.4) is 0 Å². The minimum absolute atomic E-state index is 0.840. The molecule has 4 aromatic rings. The average Bonchev–Trinajstić information content (AvgIpc) is 3.04. The number of methoxy groups -OCH3 is 1. The van der Waals surface area contributed by atoms with E-state index in [0.717, 1.165) is 37.6 Å². The Balaban J connectivity index is 1.55. The van der Waals surface area contributed by atoms with E-state index in [4.69, 9.17) is 9.72 Å². The molecule has 0 spiro atoms. The van der Waals surface area contributed by atoms with Gasteiger partial charge in [0, 0.05) is 36.9 Å². The van der Waals surface area contributed by atoms with Crippen LogP contribution in [0.1, 0.15) is 27.9 Å². The van der Waals surface area contributed by atoms with E-state index < -0.39 is 0 Å². The number of ether oxygens (including phenoxy) is 1. The highest BCUT2D eigenvalue weighted by Crippen LogP contribution is 2.34. The van der Waals surface area contributed by atoms with Crippen LogP contribution in [0.25, 0.3) is 10.9 Å². The number of benzene rings is 2. The van der Waals surface area contributed by atoms with E-state index in [-0.39, 0.29) is 0 Å². The molecule has 2 aromatic heterocycles. The normalized spacial score (nSPS) is 13.5. The number of fused-ring (bicyclic) bond motifs is 2. The van der Waals surface area contributed by atoms with Crippen molar-refractivity contribution in [3.05, 3.63) is 88.7 Å². The van der Waals surface area contributed by atoms with E-state index in [2.05, 4.69) is 65.8 Å². The Hall–Kier alpha value is -3.27. The van der Waals surface area contributed by atoms with Gasteiger partial charge in [-0.1, -0.05) is 36.4 Å². The van der Waals surface area contributed by atoms with E-state index in [9.17, 15) is 0 Å². The first-order valence-corrected chi connectivity index (χ1v) is 10.5. The number of hydrogen-bond acceptors (Lipinski definition) is 3. The van der Waals surface area contributed by atoms with Gasteiger partial charge < -0.3 is 14.2 Å². The van der Waals surface area contributed by atoms with Gasteiger partial charge in [-0.05, 0) is 60.7 Å².